The van der Waals surface area contributed by atoms with Gasteiger partial charge in [-0.3, -0.25) is 0 Å². The number of allylic oxidation sites excluding steroid dienone is 4. The van der Waals surface area contributed by atoms with Crippen LogP contribution in [0.3, 0.4) is 0 Å². The van der Waals surface area contributed by atoms with E-state index in [1.54, 1.807) is 0 Å². The van der Waals surface area contributed by atoms with Crippen LogP contribution in [0.4, 0.5) is 11.4 Å². The average Bonchev–Trinajstić information content (AvgIpc) is 2.94. The first-order chi connectivity index (χ1) is 18.9. The summed E-state index contributed by atoms with van der Waals surface area (Å²) in [5, 5.41) is 5.59. The first-order valence-electron chi connectivity index (χ1n) is 13.6. The molecule has 2 atom stereocenters. The number of fused-ring (bicyclic) bond motifs is 2. The van der Waals surface area contributed by atoms with Gasteiger partial charge in [-0.1, -0.05) is 60.9 Å². The third-order valence-electron chi connectivity index (χ3n) is 8.06. The second-order valence-corrected chi connectivity index (χ2v) is 10.8. The van der Waals surface area contributed by atoms with Gasteiger partial charge in [-0.05, 0) is 67.5 Å². The van der Waals surface area contributed by atoms with Gasteiger partial charge >= 0.3 is 0 Å². The predicted octanol–water partition coefficient (Wildman–Crippen LogP) is 9.83. The second-order valence-electron chi connectivity index (χ2n) is 10.8. The monoisotopic (exact) mass is 978 g/mol. The Morgan fingerprint density at radius 3 is 2.40 bits per heavy atom. The van der Waals surface area contributed by atoms with Crippen molar-refractivity contribution >= 4 is 22.3 Å². The second kappa shape index (κ2) is 12.9. The van der Waals surface area contributed by atoms with E-state index in [4.69, 9.17) is 9.41 Å². The van der Waals surface area contributed by atoms with Gasteiger partial charge in [-0.2, -0.15) is 0 Å². The van der Waals surface area contributed by atoms with Crippen molar-refractivity contribution in [3.8, 4) is 22.5 Å². The van der Waals surface area contributed by atoms with E-state index in [1.165, 1.54) is 16.8 Å². The van der Waals surface area contributed by atoms with Gasteiger partial charge in [0.05, 0.1) is 11.0 Å². The predicted molar refractivity (Wildman–Crippen MR) is 168 cm³/mol. The largest absolute Gasteiger partial charge is 0.458 e. The van der Waals surface area contributed by atoms with Crippen LogP contribution in [0.1, 0.15) is 31.9 Å². The third kappa shape index (κ3) is 5.98. The van der Waals surface area contributed by atoms with E-state index in [9.17, 15) is 0 Å². The first kappa shape index (κ1) is 31.8. The minimum absolute atomic E-state index is 0. The van der Waals surface area contributed by atoms with Crippen LogP contribution in [0.25, 0.3) is 33.4 Å². The van der Waals surface area contributed by atoms with Crippen LogP contribution in [-0.2, 0) is 20.4 Å². The summed E-state index contributed by atoms with van der Waals surface area (Å²) in [4.78, 5) is 4.94. The topological polar surface area (TPSA) is 37.5 Å². The molecule has 42 heavy (non-hydrogen) atoms. The number of aryl methyl sites for hydroxylation is 2. The molecule has 0 aromatic heterocycles. The molecule has 0 spiro atoms. The van der Waals surface area contributed by atoms with E-state index in [2.05, 4.69) is 119 Å². The maximum Gasteiger partial charge on any atom is 0.128 e. The summed E-state index contributed by atoms with van der Waals surface area (Å²) in [6, 6.07) is 30.5. The molecular formula is C37H36N2OReRf-2. The van der Waals surface area contributed by atoms with Crippen LogP contribution in [0, 0.1) is 39.2 Å². The summed E-state index contributed by atoms with van der Waals surface area (Å²) in [5.74, 6) is 1.73. The summed E-state index contributed by atoms with van der Waals surface area (Å²) < 4.78 is 6.59. The van der Waals surface area contributed by atoms with E-state index in [1.807, 2.05) is 18.2 Å². The Kier molecular flexibility index (Phi) is 9.74. The molecule has 1 radical (unpaired) electrons. The van der Waals surface area contributed by atoms with E-state index >= 15 is 0 Å². The Labute approximate surface area is 257 Å². The number of nitrogens with one attached hydrogen (secondary N) is 1. The van der Waals surface area contributed by atoms with Crippen LogP contribution in [0.2, 0.25) is 0 Å². The van der Waals surface area contributed by atoms with Crippen molar-refractivity contribution in [1.82, 2.24) is 0 Å². The Morgan fingerprint density at radius 2 is 1.67 bits per heavy atom. The number of hydrogen-bond donors (Lipinski definition) is 1. The molecule has 2 aliphatic carbocycles. The number of benzene rings is 4. The molecule has 3 aromatic carbocycles. The number of nitrogens with zero attached hydrogens (tertiary/aromatic N) is 1. The molecular weight excluding hydrogens is 942 g/mol. The normalized spacial score (nSPS) is 16.5. The van der Waals surface area contributed by atoms with Crippen molar-refractivity contribution < 1.29 is 24.8 Å². The molecule has 3 aromatic rings. The Balaban J connectivity index is 0.00000161. The molecule has 0 saturated heterocycles. The molecule has 6 rings (SSSR count). The van der Waals surface area contributed by atoms with E-state index in [0.29, 0.717) is 11.8 Å². The van der Waals surface area contributed by atoms with E-state index < -0.39 is 0 Å². The van der Waals surface area contributed by atoms with Crippen LogP contribution in [0.5, 0.6) is 0 Å². The van der Waals surface area contributed by atoms with Crippen molar-refractivity contribution in [2.45, 2.75) is 34.6 Å². The zero-order valence-electron chi connectivity index (χ0n) is 25.3. The van der Waals surface area contributed by atoms with Crippen LogP contribution in [-0.4, -0.2) is 0 Å². The number of rotatable bonds is 4. The third-order valence-corrected chi connectivity index (χ3v) is 8.06. The molecule has 0 fully saturated rings. The molecule has 3 aliphatic rings. The summed E-state index contributed by atoms with van der Waals surface area (Å²) in [6.07, 6.45) is 4.42. The molecule has 0 saturated carbocycles. The number of hydrogen-bond acceptors (Lipinski definition) is 3. The Bertz CT molecular complexity index is 1800. The molecule has 0 amide bonds. The molecule has 2 unspecified atom stereocenters. The van der Waals surface area contributed by atoms with Gasteiger partial charge < -0.3 is 17.2 Å². The maximum absolute atomic E-state index is 6.59. The Hall–Kier alpha value is -4.71. The quantitative estimate of drug-likeness (QED) is 0.144. The molecule has 211 valence electrons. The van der Waals surface area contributed by atoms with Gasteiger partial charge in [0.15, 0.2) is 0 Å². The smallest absolute Gasteiger partial charge is 0.128 e. The van der Waals surface area contributed by atoms with E-state index in [-0.39, 0.29) is 27.8 Å². The minimum Gasteiger partial charge on any atom is -0.458 e. The fourth-order valence-corrected chi connectivity index (χ4v) is 5.45. The fraction of sp³-hybridized carbons (Fsp3) is 0.189. The van der Waals surface area contributed by atoms with Crippen molar-refractivity contribution in [3.63, 3.8) is 0 Å². The number of anilines is 1. The van der Waals surface area contributed by atoms with Crippen molar-refractivity contribution in [1.29, 1.82) is 0 Å². The fourth-order valence-electron chi connectivity index (χ4n) is 5.45. The van der Waals surface area contributed by atoms with Gasteiger partial charge in [-0.25, -0.2) is 4.99 Å². The minimum atomic E-state index is 0. The zero-order valence-corrected chi connectivity index (χ0v) is 34.4. The molecule has 5 heteroatoms. The maximum atomic E-state index is 6.59. The Morgan fingerprint density at radius 1 is 0.857 bits per heavy atom. The van der Waals surface area contributed by atoms with Gasteiger partial charge in [0.25, 0.3) is 0 Å². The first-order valence-corrected chi connectivity index (χ1v) is 13.6. The van der Waals surface area contributed by atoms with Crippen molar-refractivity contribution in [2.24, 2.45) is 16.8 Å². The molecule has 1 aliphatic heterocycles. The summed E-state index contributed by atoms with van der Waals surface area (Å²) >= 11 is 0. The van der Waals surface area contributed by atoms with Gasteiger partial charge in [-0.15, -0.1) is 35.9 Å². The van der Waals surface area contributed by atoms with Crippen LogP contribution >= 0.6 is 0 Å². The van der Waals surface area contributed by atoms with E-state index in [0.717, 1.165) is 55.7 Å². The zero-order chi connectivity index (χ0) is 27.1. The summed E-state index contributed by atoms with van der Waals surface area (Å²) in [5.41, 5.74) is 11.1. The summed E-state index contributed by atoms with van der Waals surface area (Å²) in [7, 11) is 0. The molecule has 0 bridgehead atoms. The molecule has 3 nitrogen and oxygen atoms in total. The van der Waals surface area contributed by atoms with Gasteiger partial charge in [0.2, 0.25) is 0 Å². The summed E-state index contributed by atoms with van der Waals surface area (Å²) in [6.45, 7) is 11.0. The van der Waals surface area contributed by atoms with Crippen molar-refractivity contribution in [2.75, 3.05) is 5.32 Å². The van der Waals surface area contributed by atoms with Gasteiger partial charge in [0, 0.05) is 49.9 Å². The average molecular weight is 978 g/mol. The van der Waals surface area contributed by atoms with Crippen molar-refractivity contribution in [3.05, 3.63) is 132 Å². The molecule has 1 N–H and O–H groups in total. The molecule has 1 heterocycles. The standard InChI is InChI=1S/C36H33N2O.CH3.Re.Rf/c1-22-11-17-32(24(3)19-22)37-28-13-15-30-34(20-28)39-35-21-29(38-33-18-12-23(2)25(4)26(33)5)14-16-31(35)36(30)27-9-7-6-8-10-27;;;/h6-9,11-21,25-26,38H,1-5H3;1H3;;/q2*-1;;. The van der Waals surface area contributed by atoms with Gasteiger partial charge in [0.1, 0.15) is 11.3 Å². The van der Waals surface area contributed by atoms with Crippen LogP contribution in [0.15, 0.2) is 112 Å². The van der Waals surface area contributed by atoms with Crippen LogP contribution < -0.4 is 10.7 Å². The SMILES string of the molecule is CC1=CC=C(Nc2ccc3c(-c4[c-]cccc4)c4ccc(=Nc5ccc(C)cc5C)cc-4oc3c2)C(C)C1C.[CH3-].[Re].[Rf].